The quantitative estimate of drug-likeness (QED) is 0.332. The minimum absolute atomic E-state index is 0.0486. The first-order valence-corrected chi connectivity index (χ1v) is 8.85. The minimum Gasteiger partial charge on any atom is -0.378 e. The Morgan fingerprint density at radius 1 is 0.964 bits per heavy atom. The molecule has 28 heavy (non-hydrogen) atoms. The van der Waals surface area contributed by atoms with Crippen LogP contribution in [0.1, 0.15) is 18.1 Å². The molecule has 1 atom stereocenters. The molecule has 0 saturated carbocycles. The molecular weight excluding hydrogens is 448 g/mol. The van der Waals surface area contributed by atoms with Gasteiger partial charge in [0.2, 0.25) is 0 Å². The largest absolute Gasteiger partial charge is 0.416 e. The predicted octanol–water partition coefficient (Wildman–Crippen LogP) is 7.00. The molecule has 0 spiro atoms. The van der Waals surface area contributed by atoms with Crippen LogP contribution in [0.25, 0.3) is 16.6 Å². The van der Waals surface area contributed by atoms with Gasteiger partial charge in [-0.1, -0.05) is 41.4 Å². The molecule has 1 aromatic heterocycles. The fourth-order valence-electron chi connectivity index (χ4n) is 2.86. The highest BCUT2D eigenvalue weighted by Gasteiger charge is 2.50. The molecule has 0 amide bonds. The molecular formula is C18H11Cl3F5NO. The van der Waals surface area contributed by atoms with E-state index in [1.165, 1.54) is 16.7 Å². The maximum atomic E-state index is 13.8. The molecule has 0 aliphatic heterocycles. The predicted molar refractivity (Wildman–Crippen MR) is 98.7 cm³/mol. The average molecular weight is 459 g/mol. The molecule has 3 rings (SSSR count). The molecule has 10 heteroatoms. The number of aliphatic hydroxyl groups is 1. The molecule has 0 aliphatic rings. The highest BCUT2D eigenvalue weighted by Crippen LogP contribution is 2.45. The van der Waals surface area contributed by atoms with Crippen LogP contribution in [0.3, 0.4) is 0 Å². The van der Waals surface area contributed by atoms with Gasteiger partial charge in [-0.25, -0.2) is 0 Å². The highest BCUT2D eigenvalue weighted by molar-refractivity contribution is 6.38. The second-order valence-corrected chi connectivity index (χ2v) is 7.58. The lowest BCUT2D eigenvalue weighted by Gasteiger charge is -2.27. The van der Waals surface area contributed by atoms with E-state index in [9.17, 15) is 27.1 Å². The van der Waals surface area contributed by atoms with Gasteiger partial charge in [-0.15, -0.1) is 0 Å². The van der Waals surface area contributed by atoms with Crippen LogP contribution < -0.4 is 0 Å². The molecule has 0 aliphatic carbocycles. The van der Waals surface area contributed by atoms with E-state index in [4.69, 9.17) is 34.8 Å². The fraction of sp³-hybridized carbons (Fsp3) is 0.222. The Bertz CT molecular complexity index is 1030. The summed E-state index contributed by atoms with van der Waals surface area (Å²) in [6, 6.07) is 7.49. The first-order chi connectivity index (χ1) is 12.7. The number of fused-ring (bicyclic) bond motifs is 1. The molecule has 1 N–H and O–H groups in total. The molecule has 0 bridgehead atoms. The zero-order valence-electron chi connectivity index (χ0n) is 14.0. The molecule has 1 heterocycles. The number of rotatable bonds is 3. The summed E-state index contributed by atoms with van der Waals surface area (Å²) in [5, 5.41) is 5.86. The van der Waals surface area contributed by atoms with Gasteiger partial charge in [0.15, 0.2) is 5.60 Å². The van der Waals surface area contributed by atoms with Crippen molar-refractivity contribution in [1.82, 2.24) is 4.57 Å². The van der Waals surface area contributed by atoms with Crippen LogP contribution in [0.2, 0.25) is 10.0 Å². The summed E-state index contributed by atoms with van der Waals surface area (Å²) in [7, 11) is 0. The van der Waals surface area contributed by atoms with E-state index in [1.54, 1.807) is 12.1 Å². The van der Waals surface area contributed by atoms with Crippen LogP contribution >= 0.6 is 34.8 Å². The van der Waals surface area contributed by atoms with E-state index in [1.807, 2.05) is 0 Å². The van der Waals surface area contributed by atoms with Crippen molar-refractivity contribution in [2.75, 3.05) is 0 Å². The van der Waals surface area contributed by atoms with Crippen molar-refractivity contribution in [3.8, 4) is 5.69 Å². The summed E-state index contributed by atoms with van der Waals surface area (Å²) in [6.07, 6.45) is -3.54. The van der Waals surface area contributed by atoms with E-state index in [2.05, 4.69) is 0 Å². The molecule has 2 nitrogen and oxygen atoms in total. The first-order valence-electron chi connectivity index (χ1n) is 7.71. The van der Waals surface area contributed by atoms with Gasteiger partial charge >= 0.3 is 11.6 Å². The fourth-order valence-corrected chi connectivity index (χ4v) is 3.64. The summed E-state index contributed by atoms with van der Waals surface area (Å²) in [5.74, 6) is 0. The second kappa shape index (κ2) is 6.76. The molecule has 2 aromatic carbocycles. The van der Waals surface area contributed by atoms with E-state index in [0.717, 1.165) is 13.1 Å². The normalized spacial score (nSPS) is 15.1. The minimum atomic E-state index is -4.67. The molecule has 150 valence electrons. The van der Waals surface area contributed by atoms with Crippen molar-refractivity contribution in [2.24, 2.45) is 0 Å². The smallest absolute Gasteiger partial charge is 0.378 e. The zero-order valence-corrected chi connectivity index (χ0v) is 16.2. The number of alkyl halides is 6. The van der Waals surface area contributed by atoms with E-state index in [-0.39, 0.29) is 26.7 Å². The summed E-state index contributed by atoms with van der Waals surface area (Å²) >= 11 is 17.2. The Morgan fingerprint density at radius 2 is 1.50 bits per heavy atom. The van der Waals surface area contributed by atoms with E-state index >= 15 is 0 Å². The Morgan fingerprint density at radius 3 is 2.00 bits per heavy atom. The number of para-hydroxylation sites is 1. The third-order valence-corrected chi connectivity index (χ3v) is 5.32. The maximum Gasteiger partial charge on any atom is 0.416 e. The maximum absolute atomic E-state index is 13.8. The van der Waals surface area contributed by atoms with Gasteiger partial charge < -0.3 is 9.67 Å². The monoisotopic (exact) mass is 457 g/mol. The number of aromatic nitrogens is 1. The van der Waals surface area contributed by atoms with Crippen molar-refractivity contribution in [3.05, 3.63) is 63.8 Å². The van der Waals surface area contributed by atoms with Crippen LogP contribution in [0.15, 0.2) is 42.6 Å². The average Bonchev–Trinajstić information content (AvgIpc) is 2.92. The van der Waals surface area contributed by atoms with Crippen molar-refractivity contribution >= 4 is 45.7 Å². The van der Waals surface area contributed by atoms with E-state index in [0.29, 0.717) is 17.6 Å². The van der Waals surface area contributed by atoms with Crippen LogP contribution in [0.5, 0.6) is 0 Å². The Hall–Kier alpha value is -1.54. The van der Waals surface area contributed by atoms with Crippen molar-refractivity contribution in [2.45, 2.75) is 24.1 Å². The topological polar surface area (TPSA) is 25.2 Å². The van der Waals surface area contributed by atoms with Crippen LogP contribution in [0.4, 0.5) is 22.0 Å². The first kappa shape index (κ1) is 21.2. The number of halogens is 8. The van der Waals surface area contributed by atoms with Gasteiger partial charge in [0.1, 0.15) is 0 Å². The standard InChI is InChI=1S/C18H11Cl3F5NO/c1-16(28,18(21,25)26)11-8-27(14-5-3-2-4-10(11)14)15-12(19)6-9(7-13(15)20)17(22,23)24/h2-8,28H,1H3. The Balaban J connectivity index is 2.33. The number of benzene rings is 2. The third kappa shape index (κ3) is 3.45. The second-order valence-electron chi connectivity index (χ2n) is 6.29. The van der Waals surface area contributed by atoms with Crippen LogP contribution in [-0.2, 0) is 11.8 Å². The molecule has 0 saturated heterocycles. The van der Waals surface area contributed by atoms with Crippen molar-refractivity contribution < 1.29 is 27.1 Å². The van der Waals surface area contributed by atoms with Gasteiger partial charge in [0, 0.05) is 17.1 Å². The van der Waals surface area contributed by atoms with Crippen LogP contribution in [0, 0.1) is 0 Å². The molecule has 1 unspecified atom stereocenters. The molecule has 3 aromatic rings. The third-order valence-electron chi connectivity index (χ3n) is 4.37. The SMILES string of the molecule is CC(O)(c1cn(-c2c(Cl)cc(C(F)(F)F)cc2Cl)c2ccccc12)C(F)(F)Cl. The highest BCUT2D eigenvalue weighted by atomic mass is 35.5. The lowest BCUT2D eigenvalue weighted by Crippen LogP contribution is -2.38. The summed E-state index contributed by atoms with van der Waals surface area (Å²) < 4.78 is 67.8. The number of hydrogen-bond acceptors (Lipinski definition) is 1. The van der Waals surface area contributed by atoms with Gasteiger partial charge in [-0.3, -0.25) is 0 Å². The lowest BCUT2D eigenvalue weighted by molar-refractivity contribution is -0.137. The Kier molecular flexibility index (Phi) is 5.11. The molecule has 0 fully saturated rings. The summed E-state index contributed by atoms with van der Waals surface area (Å²) in [4.78, 5) is 0. The summed E-state index contributed by atoms with van der Waals surface area (Å²) in [6.45, 7) is 0.835. The van der Waals surface area contributed by atoms with Gasteiger partial charge in [0.05, 0.1) is 26.8 Å². The van der Waals surface area contributed by atoms with Gasteiger partial charge in [-0.2, -0.15) is 22.0 Å². The lowest BCUT2D eigenvalue weighted by atomic mass is 9.96. The van der Waals surface area contributed by atoms with Crippen molar-refractivity contribution in [1.29, 1.82) is 0 Å². The van der Waals surface area contributed by atoms with Gasteiger partial charge in [0.25, 0.3) is 0 Å². The van der Waals surface area contributed by atoms with Gasteiger partial charge in [-0.05, 0) is 36.7 Å². The van der Waals surface area contributed by atoms with Crippen molar-refractivity contribution in [3.63, 3.8) is 0 Å². The summed E-state index contributed by atoms with van der Waals surface area (Å²) in [5.41, 5.74) is -3.82. The molecule has 0 radical (unpaired) electrons. The number of hydrogen-bond donors (Lipinski definition) is 1. The van der Waals surface area contributed by atoms with Crippen LogP contribution in [-0.4, -0.2) is 15.1 Å². The van der Waals surface area contributed by atoms with E-state index < -0.39 is 22.7 Å². The zero-order chi connectivity index (χ0) is 21.1. The number of nitrogens with zero attached hydrogens (tertiary/aromatic N) is 1. The Labute approximate surface area is 171 Å².